The van der Waals surface area contributed by atoms with Crippen molar-refractivity contribution in [3.05, 3.63) is 54.1 Å². The molecule has 1 nitrogen and oxygen atoms in total. The van der Waals surface area contributed by atoms with E-state index in [4.69, 9.17) is 0 Å². The number of benzene rings is 1. The monoisotopic (exact) mass is 223 g/mol. The SMILES string of the molecule is CN1c2ccccc2C2CC3C=CC=CC3C21. The van der Waals surface area contributed by atoms with Crippen LogP contribution in [0.3, 0.4) is 0 Å². The minimum atomic E-state index is 0.679. The van der Waals surface area contributed by atoms with Crippen molar-refractivity contribution in [3.8, 4) is 0 Å². The highest BCUT2D eigenvalue weighted by Gasteiger charge is 2.48. The van der Waals surface area contributed by atoms with Crippen molar-refractivity contribution in [2.24, 2.45) is 11.8 Å². The van der Waals surface area contributed by atoms with Gasteiger partial charge in [0, 0.05) is 30.6 Å². The first kappa shape index (κ1) is 9.52. The van der Waals surface area contributed by atoms with Crippen LogP contribution in [0, 0.1) is 11.8 Å². The summed E-state index contributed by atoms with van der Waals surface area (Å²) in [6.45, 7) is 0. The molecule has 4 unspecified atom stereocenters. The Bertz CT molecular complexity index is 514. The molecule has 0 spiro atoms. The molecule has 1 aliphatic heterocycles. The lowest BCUT2D eigenvalue weighted by Gasteiger charge is -2.29. The molecule has 1 saturated carbocycles. The van der Waals surface area contributed by atoms with Gasteiger partial charge >= 0.3 is 0 Å². The van der Waals surface area contributed by atoms with Crippen LogP contribution in [-0.4, -0.2) is 13.1 Å². The quantitative estimate of drug-likeness (QED) is 0.652. The van der Waals surface area contributed by atoms with Crippen LogP contribution in [0.25, 0.3) is 0 Å². The molecule has 3 aliphatic rings. The molecule has 0 bridgehead atoms. The lowest BCUT2D eigenvalue weighted by Crippen LogP contribution is -2.34. The van der Waals surface area contributed by atoms with Crippen molar-refractivity contribution in [3.63, 3.8) is 0 Å². The molecule has 4 atom stereocenters. The van der Waals surface area contributed by atoms with Gasteiger partial charge in [-0.1, -0.05) is 42.5 Å². The molecule has 17 heavy (non-hydrogen) atoms. The van der Waals surface area contributed by atoms with E-state index in [-0.39, 0.29) is 0 Å². The second-order valence-corrected chi connectivity index (χ2v) is 5.51. The number of hydrogen-bond donors (Lipinski definition) is 0. The highest BCUT2D eigenvalue weighted by Crippen LogP contribution is 2.54. The topological polar surface area (TPSA) is 3.24 Å². The number of anilines is 1. The second-order valence-electron chi connectivity index (χ2n) is 5.51. The summed E-state index contributed by atoms with van der Waals surface area (Å²) in [5.74, 6) is 2.20. The Labute approximate surface area is 102 Å². The van der Waals surface area contributed by atoms with Gasteiger partial charge in [-0.05, 0) is 24.0 Å². The normalized spacial score (nSPS) is 36.9. The number of likely N-dealkylation sites (N-methyl/N-ethyl adjacent to an activating group) is 1. The Morgan fingerprint density at radius 1 is 1.12 bits per heavy atom. The van der Waals surface area contributed by atoms with Crippen LogP contribution in [0.5, 0.6) is 0 Å². The molecule has 86 valence electrons. The number of hydrogen-bond acceptors (Lipinski definition) is 1. The van der Waals surface area contributed by atoms with Crippen LogP contribution in [0.1, 0.15) is 17.9 Å². The van der Waals surface area contributed by atoms with Gasteiger partial charge in [-0.2, -0.15) is 0 Å². The molecule has 2 aliphatic carbocycles. The van der Waals surface area contributed by atoms with E-state index in [0.717, 1.165) is 11.8 Å². The van der Waals surface area contributed by atoms with Gasteiger partial charge in [-0.15, -0.1) is 0 Å². The molecule has 0 N–H and O–H groups in total. The van der Waals surface area contributed by atoms with E-state index in [2.05, 4.69) is 60.5 Å². The first-order chi connectivity index (χ1) is 8.36. The third-order valence-electron chi connectivity index (χ3n) is 4.79. The minimum Gasteiger partial charge on any atom is -0.370 e. The van der Waals surface area contributed by atoms with Crippen LogP contribution >= 0.6 is 0 Å². The zero-order chi connectivity index (χ0) is 11.4. The highest BCUT2D eigenvalue weighted by atomic mass is 15.2. The molecule has 0 aromatic heterocycles. The van der Waals surface area contributed by atoms with Crippen molar-refractivity contribution in [2.75, 3.05) is 11.9 Å². The Kier molecular flexibility index (Phi) is 1.82. The molecule has 1 aromatic rings. The van der Waals surface area contributed by atoms with Gasteiger partial charge in [0.25, 0.3) is 0 Å². The standard InChI is InChI=1S/C16H17N/c1-17-15-9-5-4-8-13(15)14-10-11-6-2-3-7-12(11)16(14)17/h2-9,11-12,14,16H,10H2,1H3. The summed E-state index contributed by atoms with van der Waals surface area (Å²) in [7, 11) is 2.26. The summed E-state index contributed by atoms with van der Waals surface area (Å²) in [4.78, 5) is 2.51. The summed E-state index contributed by atoms with van der Waals surface area (Å²) in [5, 5.41) is 0. The number of nitrogens with zero attached hydrogens (tertiary/aromatic N) is 1. The van der Waals surface area contributed by atoms with Gasteiger partial charge in [0.2, 0.25) is 0 Å². The van der Waals surface area contributed by atoms with E-state index in [1.165, 1.54) is 12.1 Å². The van der Waals surface area contributed by atoms with E-state index < -0.39 is 0 Å². The summed E-state index contributed by atoms with van der Waals surface area (Å²) in [6.07, 6.45) is 10.6. The Morgan fingerprint density at radius 2 is 1.94 bits per heavy atom. The molecule has 4 rings (SSSR count). The van der Waals surface area contributed by atoms with Gasteiger partial charge in [-0.25, -0.2) is 0 Å². The first-order valence-corrected chi connectivity index (χ1v) is 6.53. The molecule has 1 heterocycles. The Balaban J connectivity index is 1.82. The minimum absolute atomic E-state index is 0.679. The maximum atomic E-state index is 2.51. The van der Waals surface area contributed by atoms with Crippen molar-refractivity contribution >= 4 is 5.69 Å². The summed E-state index contributed by atoms with van der Waals surface area (Å²) in [6, 6.07) is 9.61. The molecule has 1 aromatic carbocycles. The predicted molar refractivity (Wildman–Crippen MR) is 71.3 cm³/mol. The zero-order valence-corrected chi connectivity index (χ0v) is 10.1. The lowest BCUT2D eigenvalue weighted by atomic mass is 9.89. The van der Waals surface area contributed by atoms with Crippen molar-refractivity contribution in [2.45, 2.75) is 18.4 Å². The molecule has 0 saturated heterocycles. The number of allylic oxidation sites excluding steroid dienone is 3. The third-order valence-corrected chi connectivity index (χ3v) is 4.79. The van der Waals surface area contributed by atoms with Gasteiger partial charge < -0.3 is 4.90 Å². The first-order valence-electron chi connectivity index (χ1n) is 6.53. The Morgan fingerprint density at radius 3 is 2.88 bits per heavy atom. The average molecular weight is 223 g/mol. The fourth-order valence-corrected chi connectivity index (χ4v) is 4.10. The van der Waals surface area contributed by atoms with Crippen LogP contribution in [-0.2, 0) is 0 Å². The predicted octanol–water partition coefficient (Wildman–Crippen LogP) is 3.35. The van der Waals surface area contributed by atoms with E-state index in [1.807, 2.05) is 0 Å². The number of fused-ring (bicyclic) bond motifs is 5. The molecule has 0 radical (unpaired) electrons. The van der Waals surface area contributed by atoms with Crippen LogP contribution in [0.2, 0.25) is 0 Å². The van der Waals surface area contributed by atoms with Gasteiger partial charge in [0.1, 0.15) is 0 Å². The van der Waals surface area contributed by atoms with E-state index >= 15 is 0 Å². The largest absolute Gasteiger partial charge is 0.370 e. The highest BCUT2D eigenvalue weighted by molar-refractivity contribution is 5.63. The zero-order valence-electron chi connectivity index (χ0n) is 10.1. The molecular formula is C16H17N. The van der Waals surface area contributed by atoms with Gasteiger partial charge in [-0.3, -0.25) is 0 Å². The Hall–Kier alpha value is -1.50. The molecule has 0 amide bonds. The maximum absolute atomic E-state index is 2.51. The van der Waals surface area contributed by atoms with Crippen LogP contribution in [0.15, 0.2) is 48.6 Å². The average Bonchev–Trinajstić information content (AvgIpc) is 2.88. The lowest BCUT2D eigenvalue weighted by molar-refractivity contribution is 0.491. The van der Waals surface area contributed by atoms with E-state index in [1.54, 1.807) is 5.56 Å². The van der Waals surface area contributed by atoms with Gasteiger partial charge in [0.15, 0.2) is 0 Å². The van der Waals surface area contributed by atoms with Crippen molar-refractivity contribution in [1.29, 1.82) is 0 Å². The fourth-order valence-electron chi connectivity index (χ4n) is 4.10. The van der Waals surface area contributed by atoms with Crippen molar-refractivity contribution in [1.82, 2.24) is 0 Å². The van der Waals surface area contributed by atoms with Crippen LogP contribution < -0.4 is 4.90 Å². The fraction of sp³-hybridized carbons (Fsp3) is 0.375. The van der Waals surface area contributed by atoms with Crippen molar-refractivity contribution < 1.29 is 0 Å². The number of rotatable bonds is 0. The summed E-state index contributed by atoms with van der Waals surface area (Å²) >= 11 is 0. The molecule has 1 heteroatoms. The molecule has 1 fully saturated rings. The van der Waals surface area contributed by atoms with Gasteiger partial charge in [0.05, 0.1) is 0 Å². The smallest absolute Gasteiger partial charge is 0.0424 e. The van der Waals surface area contributed by atoms with E-state index in [9.17, 15) is 0 Å². The summed E-state index contributed by atoms with van der Waals surface area (Å²) in [5.41, 5.74) is 3.01. The second kappa shape index (κ2) is 3.25. The third kappa shape index (κ3) is 1.14. The molecular weight excluding hydrogens is 206 g/mol. The number of para-hydroxylation sites is 1. The van der Waals surface area contributed by atoms with Crippen LogP contribution in [0.4, 0.5) is 5.69 Å². The maximum Gasteiger partial charge on any atom is 0.0424 e. The van der Waals surface area contributed by atoms with E-state index in [0.29, 0.717) is 12.0 Å². The summed E-state index contributed by atoms with van der Waals surface area (Å²) < 4.78 is 0.